The van der Waals surface area contributed by atoms with Crippen LogP contribution in [-0.2, 0) is 15.7 Å². The van der Waals surface area contributed by atoms with Crippen LogP contribution in [0.2, 0.25) is 0 Å². The Labute approximate surface area is 177 Å². The number of nitrogens with zero attached hydrogens (tertiary/aromatic N) is 3. The molecular formula is C20H26F3N3O3S. The van der Waals surface area contributed by atoms with Crippen molar-refractivity contribution >= 4 is 33.4 Å². The quantitative estimate of drug-likeness (QED) is 0.630. The van der Waals surface area contributed by atoms with Gasteiger partial charge in [0.05, 0.1) is 4.88 Å². The molecule has 2 aromatic heterocycles. The van der Waals surface area contributed by atoms with Gasteiger partial charge in [-0.05, 0) is 59.5 Å². The van der Waals surface area contributed by atoms with E-state index in [1.165, 1.54) is 11.0 Å². The number of fused-ring (bicyclic) bond motifs is 1. The van der Waals surface area contributed by atoms with Crippen LogP contribution in [0, 0.1) is 6.92 Å². The summed E-state index contributed by atoms with van der Waals surface area (Å²) in [6.45, 7) is 7.39. The Morgan fingerprint density at radius 3 is 2.30 bits per heavy atom. The van der Waals surface area contributed by atoms with Crippen LogP contribution in [0.5, 0.6) is 0 Å². The number of rotatable bonds is 6. The zero-order valence-electron chi connectivity index (χ0n) is 17.9. The van der Waals surface area contributed by atoms with Crippen LogP contribution in [0.4, 0.5) is 13.2 Å². The van der Waals surface area contributed by atoms with Crippen molar-refractivity contribution in [2.75, 3.05) is 33.7 Å². The first-order valence-corrected chi connectivity index (χ1v) is 10.1. The van der Waals surface area contributed by atoms with E-state index in [0.29, 0.717) is 17.5 Å². The number of alkyl halides is 3. The number of aromatic nitrogens is 1. The molecule has 10 heteroatoms. The number of carbonyl (C=O) groups excluding carboxylic acids is 2. The number of carbonyl (C=O) groups is 2. The first-order chi connectivity index (χ1) is 13.7. The lowest BCUT2D eigenvalue weighted by molar-refractivity contribution is -0.155. The van der Waals surface area contributed by atoms with Gasteiger partial charge in [0.2, 0.25) is 0 Å². The minimum Gasteiger partial charge on any atom is -0.459 e. The largest absolute Gasteiger partial charge is 0.459 e. The van der Waals surface area contributed by atoms with Crippen molar-refractivity contribution in [3.8, 4) is 0 Å². The Kier molecular flexibility index (Phi) is 7.13. The van der Waals surface area contributed by atoms with E-state index in [2.05, 4.69) is 4.98 Å². The first-order valence-electron chi connectivity index (χ1n) is 9.32. The highest BCUT2D eigenvalue weighted by atomic mass is 32.1. The molecule has 2 aromatic rings. The summed E-state index contributed by atoms with van der Waals surface area (Å²) in [6.07, 6.45) is -4.56. The van der Waals surface area contributed by atoms with Crippen molar-refractivity contribution in [2.24, 2.45) is 0 Å². The van der Waals surface area contributed by atoms with Crippen molar-refractivity contribution in [3.63, 3.8) is 0 Å². The van der Waals surface area contributed by atoms with Crippen molar-refractivity contribution in [2.45, 2.75) is 39.5 Å². The predicted octanol–water partition coefficient (Wildman–Crippen LogP) is 3.97. The van der Waals surface area contributed by atoms with Gasteiger partial charge in [-0.2, -0.15) is 13.2 Å². The Morgan fingerprint density at radius 1 is 1.13 bits per heavy atom. The Hall–Kier alpha value is -2.20. The van der Waals surface area contributed by atoms with Gasteiger partial charge in [0.25, 0.3) is 5.91 Å². The summed E-state index contributed by atoms with van der Waals surface area (Å²) in [5, 5.41) is 0.487. The molecule has 2 heterocycles. The molecule has 6 nitrogen and oxygen atoms in total. The summed E-state index contributed by atoms with van der Waals surface area (Å²) in [6, 6.07) is 2.23. The fraction of sp³-hybridized carbons (Fsp3) is 0.550. The molecule has 0 aliphatic rings. The summed E-state index contributed by atoms with van der Waals surface area (Å²) in [5.74, 6) is -0.984. The summed E-state index contributed by atoms with van der Waals surface area (Å²) in [7, 11) is 3.67. The molecule has 0 aromatic carbocycles. The van der Waals surface area contributed by atoms with E-state index >= 15 is 0 Å². The van der Waals surface area contributed by atoms with E-state index in [-0.39, 0.29) is 22.8 Å². The van der Waals surface area contributed by atoms with Crippen LogP contribution >= 0.6 is 11.3 Å². The summed E-state index contributed by atoms with van der Waals surface area (Å²) < 4.78 is 44.2. The van der Waals surface area contributed by atoms with Gasteiger partial charge in [-0.25, -0.2) is 4.98 Å². The second-order valence-corrected chi connectivity index (χ2v) is 9.22. The number of amides is 1. The SMILES string of the molecule is Cc1c(C(=O)N(CCN(C)C)CC(=O)OC(C)(C)C)sc2nc(C(F)(F)F)ccc12. The Bertz CT molecular complexity index is 933. The molecule has 0 aliphatic heterocycles. The number of likely N-dealkylation sites (N-methyl/N-ethyl adjacent to an activating group) is 1. The van der Waals surface area contributed by atoms with Crippen LogP contribution in [0.1, 0.15) is 41.7 Å². The molecule has 2 rings (SSSR count). The zero-order valence-corrected chi connectivity index (χ0v) is 18.7. The number of esters is 1. The average Bonchev–Trinajstić information content (AvgIpc) is 2.91. The first kappa shape index (κ1) is 24.1. The lowest BCUT2D eigenvalue weighted by Crippen LogP contribution is -2.41. The van der Waals surface area contributed by atoms with Crippen molar-refractivity contribution in [3.05, 3.63) is 28.3 Å². The van der Waals surface area contributed by atoms with Gasteiger partial charge in [-0.1, -0.05) is 0 Å². The number of ether oxygens (including phenoxy) is 1. The molecule has 0 atom stereocenters. The summed E-state index contributed by atoms with van der Waals surface area (Å²) in [4.78, 5) is 32.8. The molecule has 0 aliphatic carbocycles. The maximum atomic E-state index is 13.2. The molecule has 0 radical (unpaired) electrons. The number of aryl methyl sites for hydroxylation is 1. The molecule has 0 spiro atoms. The molecule has 0 unspecified atom stereocenters. The van der Waals surface area contributed by atoms with E-state index < -0.39 is 29.3 Å². The number of pyridine rings is 1. The smallest absolute Gasteiger partial charge is 0.433 e. The van der Waals surface area contributed by atoms with E-state index in [0.717, 1.165) is 17.4 Å². The highest BCUT2D eigenvalue weighted by Gasteiger charge is 2.33. The third-order valence-corrected chi connectivity index (χ3v) is 5.32. The van der Waals surface area contributed by atoms with Crippen LogP contribution in [0.15, 0.2) is 12.1 Å². The fourth-order valence-electron chi connectivity index (χ4n) is 2.71. The third-order valence-electron chi connectivity index (χ3n) is 4.13. The molecule has 166 valence electrons. The minimum atomic E-state index is -4.56. The second-order valence-electron chi connectivity index (χ2n) is 8.22. The maximum absolute atomic E-state index is 13.2. The number of halogens is 3. The Balaban J connectivity index is 2.36. The molecule has 1 amide bonds. The molecule has 0 N–H and O–H groups in total. The van der Waals surface area contributed by atoms with Gasteiger partial charge < -0.3 is 14.5 Å². The van der Waals surface area contributed by atoms with Gasteiger partial charge >= 0.3 is 12.1 Å². The van der Waals surface area contributed by atoms with E-state index in [4.69, 9.17) is 4.74 Å². The predicted molar refractivity (Wildman–Crippen MR) is 110 cm³/mol. The molecule has 0 fully saturated rings. The highest BCUT2D eigenvalue weighted by molar-refractivity contribution is 7.20. The molecule has 0 saturated carbocycles. The summed E-state index contributed by atoms with van der Waals surface area (Å²) in [5.41, 5.74) is -1.16. The normalized spacial score (nSPS) is 12.5. The molecule has 30 heavy (non-hydrogen) atoms. The number of hydrogen-bond donors (Lipinski definition) is 0. The van der Waals surface area contributed by atoms with Gasteiger partial charge in [0.15, 0.2) is 0 Å². The minimum absolute atomic E-state index is 0.135. The second kappa shape index (κ2) is 8.89. The van der Waals surface area contributed by atoms with Crippen LogP contribution < -0.4 is 0 Å². The number of hydrogen-bond acceptors (Lipinski definition) is 6. The lowest BCUT2D eigenvalue weighted by atomic mass is 10.1. The topological polar surface area (TPSA) is 62.7 Å². The fourth-order valence-corrected chi connectivity index (χ4v) is 3.86. The number of thiophene rings is 1. The molecular weight excluding hydrogens is 419 g/mol. The van der Waals surface area contributed by atoms with Gasteiger partial charge in [0.1, 0.15) is 22.7 Å². The zero-order chi connectivity index (χ0) is 22.9. The van der Waals surface area contributed by atoms with E-state index in [1.807, 2.05) is 19.0 Å². The highest BCUT2D eigenvalue weighted by Crippen LogP contribution is 2.34. The maximum Gasteiger partial charge on any atom is 0.433 e. The van der Waals surface area contributed by atoms with Crippen molar-refractivity contribution < 1.29 is 27.5 Å². The lowest BCUT2D eigenvalue weighted by Gasteiger charge is -2.26. The Morgan fingerprint density at radius 2 is 1.77 bits per heavy atom. The molecule has 0 saturated heterocycles. The van der Waals surface area contributed by atoms with E-state index in [1.54, 1.807) is 27.7 Å². The van der Waals surface area contributed by atoms with Gasteiger partial charge in [0, 0.05) is 18.5 Å². The van der Waals surface area contributed by atoms with Crippen LogP contribution in [-0.4, -0.2) is 66.0 Å². The van der Waals surface area contributed by atoms with Crippen LogP contribution in [0.25, 0.3) is 10.2 Å². The van der Waals surface area contributed by atoms with Crippen molar-refractivity contribution in [1.82, 2.24) is 14.8 Å². The monoisotopic (exact) mass is 445 g/mol. The average molecular weight is 446 g/mol. The van der Waals surface area contributed by atoms with E-state index in [9.17, 15) is 22.8 Å². The molecule has 0 bridgehead atoms. The van der Waals surface area contributed by atoms with Gasteiger partial charge in [-0.3, -0.25) is 9.59 Å². The van der Waals surface area contributed by atoms with Crippen molar-refractivity contribution in [1.29, 1.82) is 0 Å². The third kappa shape index (κ3) is 6.15. The standard InChI is InChI=1S/C20H26F3N3O3S/c1-12-13-7-8-14(20(21,22)23)24-17(13)30-16(12)18(28)26(10-9-25(5)6)11-15(27)29-19(2,3)4/h7-8H,9-11H2,1-6H3. The summed E-state index contributed by atoms with van der Waals surface area (Å²) >= 11 is 0.897. The van der Waals surface area contributed by atoms with Crippen LogP contribution in [0.3, 0.4) is 0 Å². The van der Waals surface area contributed by atoms with Gasteiger partial charge in [-0.15, -0.1) is 11.3 Å².